The number of hydrogen-bond acceptors (Lipinski definition) is 3. The second-order valence-electron chi connectivity index (χ2n) is 6.94. The van der Waals surface area contributed by atoms with Gasteiger partial charge in [0.2, 0.25) is 5.91 Å². The zero-order valence-corrected chi connectivity index (χ0v) is 15.5. The lowest BCUT2D eigenvalue weighted by Gasteiger charge is -2.33. The first-order valence-electron chi connectivity index (χ1n) is 9.23. The van der Waals surface area contributed by atoms with E-state index in [1.54, 1.807) is 22.2 Å². The highest BCUT2D eigenvalue weighted by Gasteiger charge is 2.29. The minimum Gasteiger partial charge on any atom is -0.345 e. The molecule has 142 valence electrons. The van der Waals surface area contributed by atoms with Gasteiger partial charge in [0.05, 0.1) is 0 Å². The fourth-order valence-corrected chi connectivity index (χ4v) is 3.37. The van der Waals surface area contributed by atoms with E-state index in [-0.39, 0.29) is 23.5 Å². The van der Waals surface area contributed by atoms with Gasteiger partial charge in [-0.15, -0.1) is 0 Å². The predicted molar refractivity (Wildman–Crippen MR) is 101 cm³/mol. The van der Waals surface area contributed by atoms with Crippen molar-refractivity contribution in [2.45, 2.75) is 19.3 Å². The molecule has 1 aromatic carbocycles. The number of aromatic nitrogens is 1. The number of hydrogen-bond donors (Lipinski definition) is 0. The number of rotatable bonds is 5. The average molecular weight is 369 g/mol. The number of piperidine rings is 1. The molecule has 0 aliphatic carbocycles. The zero-order chi connectivity index (χ0) is 19.2. The van der Waals surface area contributed by atoms with E-state index in [1.165, 1.54) is 24.3 Å². The summed E-state index contributed by atoms with van der Waals surface area (Å²) in [7, 11) is 1.83. The van der Waals surface area contributed by atoms with Gasteiger partial charge in [-0.2, -0.15) is 0 Å². The van der Waals surface area contributed by atoms with Crippen molar-refractivity contribution in [1.82, 2.24) is 14.8 Å². The number of benzene rings is 1. The normalized spacial score (nSPS) is 14.8. The van der Waals surface area contributed by atoms with E-state index in [0.717, 1.165) is 12.0 Å². The number of pyridine rings is 1. The van der Waals surface area contributed by atoms with Crippen molar-refractivity contribution in [3.05, 3.63) is 65.7 Å². The van der Waals surface area contributed by atoms with E-state index in [0.29, 0.717) is 38.0 Å². The fourth-order valence-electron chi connectivity index (χ4n) is 3.37. The quantitative estimate of drug-likeness (QED) is 0.814. The monoisotopic (exact) mass is 369 g/mol. The highest BCUT2D eigenvalue weighted by Crippen LogP contribution is 2.21. The summed E-state index contributed by atoms with van der Waals surface area (Å²) >= 11 is 0. The number of carbonyl (C=O) groups excluding carboxylic acids is 2. The summed E-state index contributed by atoms with van der Waals surface area (Å²) in [6.45, 7) is 1.76. The van der Waals surface area contributed by atoms with Crippen LogP contribution < -0.4 is 0 Å². The molecule has 1 aliphatic heterocycles. The summed E-state index contributed by atoms with van der Waals surface area (Å²) in [5.41, 5.74) is 1.64. The molecule has 2 amide bonds. The Morgan fingerprint density at radius 3 is 2.37 bits per heavy atom. The third kappa shape index (κ3) is 4.90. The van der Waals surface area contributed by atoms with Crippen LogP contribution in [0.3, 0.4) is 0 Å². The van der Waals surface area contributed by atoms with Crippen LogP contribution in [-0.2, 0) is 11.2 Å². The SMILES string of the molecule is CN(CCc1ccncc1)C(=O)C1CCN(C(=O)c2ccc(F)cc2)CC1. The first-order chi connectivity index (χ1) is 13.0. The van der Waals surface area contributed by atoms with Gasteiger partial charge in [0.25, 0.3) is 5.91 Å². The predicted octanol–water partition coefficient (Wildman–Crippen LogP) is 2.77. The van der Waals surface area contributed by atoms with Crippen LogP contribution >= 0.6 is 0 Å². The van der Waals surface area contributed by atoms with E-state index >= 15 is 0 Å². The molecule has 1 aromatic heterocycles. The molecule has 3 rings (SSSR count). The maximum absolute atomic E-state index is 13.0. The molecule has 2 heterocycles. The number of likely N-dealkylation sites (tertiary alicyclic amines) is 1. The van der Waals surface area contributed by atoms with Crippen molar-refractivity contribution < 1.29 is 14.0 Å². The van der Waals surface area contributed by atoms with E-state index in [4.69, 9.17) is 0 Å². The molecule has 1 fully saturated rings. The maximum Gasteiger partial charge on any atom is 0.253 e. The van der Waals surface area contributed by atoms with E-state index in [2.05, 4.69) is 4.98 Å². The summed E-state index contributed by atoms with van der Waals surface area (Å²) in [4.78, 5) is 32.7. The van der Waals surface area contributed by atoms with Gasteiger partial charge in [-0.25, -0.2) is 4.39 Å². The third-order valence-electron chi connectivity index (χ3n) is 5.08. The topological polar surface area (TPSA) is 53.5 Å². The smallest absolute Gasteiger partial charge is 0.253 e. The highest BCUT2D eigenvalue weighted by molar-refractivity contribution is 5.94. The molecule has 0 atom stereocenters. The lowest BCUT2D eigenvalue weighted by molar-refractivity contribution is -0.135. The molecule has 5 nitrogen and oxygen atoms in total. The summed E-state index contributed by atoms with van der Waals surface area (Å²) in [6.07, 6.45) is 5.62. The lowest BCUT2D eigenvalue weighted by Crippen LogP contribution is -2.43. The summed E-state index contributed by atoms with van der Waals surface area (Å²) < 4.78 is 13.0. The summed E-state index contributed by atoms with van der Waals surface area (Å²) in [6, 6.07) is 9.50. The first-order valence-corrected chi connectivity index (χ1v) is 9.23. The van der Waals surface area contributed by atoms with Crippen LogP contribution in [0.25, 0.3) is 0 Å². The second-order valence-corrected chi connectivity index (χ2v) is 6.94. The van der Waals surface area contributed by atoms with Gasteiger partial charge < -0.3 is 9.80 Å². The van der Waals surface area contributed by atoms with Crippen LogP contribution in [0.5, 0.6) is 0 Å². The van der Waals surface area contributed by atoms with Gasteiger partial charge in [0.15, 0.2) is 0 Å². The van der Waals surface area contributed by atoms with Crippen LogP contribution in [0, 0.1) is 11.7 Å². The molecule has 0 radical (unpaired) electrons. The van der Waals surface area contributed by atoms with Crippen LogP contribution in [0.4, 0.5) is 4.39 Å². The van der Waals surface area contributed by atoms with Gasteiger partial charge in [-0.1, -0.05) is 0 Å². The lowest BCUT2D eigenvalue weighted by atomic mass is 9.94. The Kier molecular flexibility index (Phi) is 6.16. The van der Waals surface area contributed by atoms with E-state index in [1.807, 2.05) is 19.2 Å². The van der Waals surface area contributed by atoms with Gasteiger partial charge >= 0.3 is 0 Å². The van der Waals surface area contributed by atoms with Gasteiger partial charge in [-0.05, 0) is 61.2 Å². The van der Waals surface area contributed by atoms with E-state index in [9.17, 15) is 14.0 Å². The number of nitrogens with zero attached hydrogens (tertiary/aromatic N) is 3. The Bertz CT molecular complexity index is 772. The number of likely N-dealkylation sites (N-methyl/N-ethyl adjacent to an activating group) is 1. The minimum atomic E-state index is -0.356. The average Bonchev–Trinajstić information content (AvgIpc) is 2.72. The number of carbonyl (C=O) groups is 2. The molecular weight excluding hydrogens is 345 g/mol. The molecule has 27 heavy (non-hydrogen) atoms. The Morgan fingerprint density at radius 1 is 1.11 bits per heavy atom. The molecule has 1 aliphatic rings. The number of halogens is 1. The number of amides is 2. The van der Waals surface area contributed by atoms with Crippen molar-refractivity contribution in [2.75, 3.05) is 26.7 Å². The molecule has 2 aromatic rings. The Morgan fingerprint density at radius 2 is 1.74 bits per heavy atom. The molecule has 1 saturated heterocycles. The third-order valence-corrected chi connectivity index (χ3v) is 5.08. The van der Waals surface area contributed by atoms with Crippen LogP contribution in [0.2, 0.25) is 0 Å². The summed E-state index contributed by atoms with van der Waals surface area (Å²) in [5, 5.41) is 0. The fraction of sp³-hybridized carbons (Fsp3) is 0.381. The van der Waals surface area contributed by atoms with Crippen molar-refractivity contribution in [1.29, 1.82) is 0 Å². The van der Waals surface area contributed by atoms with Crippen molar-refractivity contribution >= 4 is 11.8 Å². The molecule has 0 bridgehead atoms. The highest BCUT2D eigenvalue weighted by atomic mass is 19.1. The maximum atomic E-state index is 13.0. The summed E-state index contributed by atoms with van der Waals surface area (Å²) in [5.74, 6) is -0.375. The second kappa shape index (κ2) is 8.75. The van der Waals surface area contributed by atoms with Gasteiger partial charge in [-0.3, -0.25) is 14.6 Å². The standard InChI is InChI=1S/C21H24FN3O2/c1-24(13-8-16-6-11-23-12-7-16)20(26)18-9-14-25(15-10-18)21(27)17-2-4-19(22)5-3-17/h2-7,11-12,18H,8-10,13-15H2,1H3. The Balaban J connectivity index is 1.48. The Hall–Kier alpha value is -2.76. The van der Waals surface area contributed by atoms with Crippen LogP contribution in [0.1, 0.15) is 28.8 Å². The molecule has 6 heteroatoms. The van der Waals surface area contributed by atoms with Crippen LogP contribution in [-0.4, -0.2) is 53.3 Å². The largest absolute Gasteiger partial charge is 0.345 e. The zero-order valence-electron chi connectivity index (χ0n) is 15.5. The van der Waals surface area contributed by atoms with Gasteiger partial charge in [0, 0.05) is 50.6 Å². The molecular formula is C21H24FN3O2. The molecule has 0 N–H and O–H groups in total. The molecule has 0 spiro atoms. The van der Waals surface area contributed by atoms with Gasteiger partial charge in [0.1, 0.15) is 5.82 Å². The van der Waals surface area contributed by atoms with E-state index < -0.39 is 0 Å². The molecule has 0 unspecified atom stereocenters. The molecule has 0 saturated carbocycles. The first kappa shape index (κ1) is 19.0. The van der Waals surface area contributed by atoms with Crippen molar-refractivity contribution in [2.24, 2.45) is 5.92 Å². The van der Waals surface area contributed by atoms with Crippen molar-refractivity contribution in [3.63, 3.8) is 0 Å². The van der Waals surface area contributed by atoms with Crippen LogP contribution in [0.15, 0.2) is 48.8 Å². The minimum absolute atomic E-state index is 0.0512. The Labute approximate surface area is 158 Å². The van der Waals surface area contributed by atoms with Crippen molar-refractivity contribution in [3.8, 4) is 0 Å².